The third kappa shape index (κ3) is 7.07. The Bertz CT molecular complexity index is 488. The summed E-state index contributed by atoms with van der Waals surface area (Å²) in [6, 6.07) is 6.80. The van der Waals surface area contributed by atoms with Crippen molar-refractivity contribution in [2.45, 2.75) is 13.3 Å². The summed E-state index contributed by atoms with van der Waals surface area (Å²) in [7, 11) is -4.34. The Hall–Kier alpha value is -0.410. The van der Waals surface area contributed by atoms with Crippen molar-refractivity contribution in [2.75, 3.05) is 6.61 Å². The first-order chi connectivity index (χ1) is 8.59. The zero-order valence-electron chi connectivity index (χ0n) is 9.87. The molecule has 6 nitrogen and oxygen atoms in total. The van der Waals surface area contributed by atoms with E-state index in [1.165, 1.54) is 0 Å². The van der Waals surface area contributed by atoms with E-state index in [1.807, 2.05) is 0 Å². The van der Waals surface area contributed by atoms with Crippen LogP contribution >= 0.6 is 0 Å². The first-order valence-electron chi connectivity index (χ1n) is 5.20. The van der Waals surface area contributed by atoms with Crippen molar-refractivity contribution < 1.29 is 26.9 Å². The Morgan fingerprint density at radius 1 is 1.26 bits per heavy atom. The second-order valence-electron chi connectivity index (χ2n) is 3.13. The molecule has 102 valence electrons. The van der Waals surface area contributed by atoms with E-state index in [4.69, 9.17) is 4.89 Å². The van der Waals surface area contributed by atoms with Gasteiger partial charge in [0, 0.05) is 5.56 Å². The molecule has 0 N–H and O–H groups in total. The van der Waals surface area contributed by atoms with Gasteiger partial charge < -0.3 is 4.89 Å². The Balaban J connectivity index is 0.00000324. The minimum atomic E-state index is -4.34. The summed E-state index contributed by atoms with van der Waals surface area (Å²) in [5.74, 6) is 0.265. The van der Waals surface area contributed by atoms with Gasteiger partial charge in [-0.25, -0.2) is 4.89 Å². The Morgan fingerprint density at radius 2 is 1.95 bits per heavy atom. The van der Waals surface area contributed by atoms with Gasteiger partial charge in [0.05, 0.1) is 6.61 Å². The van der Waals surface area contributed by atoms with Crippen LogP contribution in [-0.4, -0.2) is 44.6 Å². The van der Waals surface area contributed by atoms with Crippen molar-refractivity contribution in [2.24, 2.45) is 0 Å². The molecule has 0 aliphatic heterocycles. The van der Waals surface area contributed by atoms with E-state index in [0.29, 0.717) is 6.42 Å². The average Bonchev–Trinajstić information content (AvgIpc) is 2.36. The van der Waals surface area contributed by atoms with Crippen molar-refractivity contribution in [3.05, 3.63) is 42.5 Å². The van der Waals surface area contributed by atoms with Crippen LogP contribution in [0.25, 0.3) is 0 Å². The summed E-state index contributed by atoms with van der Waals surface area (Å²) in [5, 5.41) is 0. The van der Waals surface area contributed by atoms with Crippen LogP contribution in [0.15, 0.2) is 36.9 Å². The molecule has 19 heavy (non-hydrogen) atoms. The quantitative estimate of drug-likeness (QED) is 0.312. The molecule has 0 bridgehead atoms. The molecule has 0 aromatic heterocycles. The summed E-state index contributed by atoms with van der Waals surface area (Å²) in [6.07, 6.45) is 2.18. The molecule has 0 radical (unpaired) electrons. The van der Waals surface area contributed by atoms with Crippen LogP contribution < -0.4 is 4.89 Å². The molecule has 0 aliphatic carbocycles. The molecule has 0 atom stereocenters. The van der Waals surface area contributed by atoms with Crippen LogP contribution in [0.4, 0.5) is 0 Å². The number of allylic oxidation sites excluding steroid dienone is 1. The van der Waals surface area contributed by atoms with Crippen LogP contribution in [0, 0.1) is 0 Å². The summed E-state index contributed by atoms with van der Waals surface area (Å²) in [6.45, 7) is 5.22. The Morgan fingerprint density at radius 3 is 2.58 bits per heavy atom. The van der Waals surface area contributed by atoms with Gasteiger partial charge in [-0.1, -0.05) is 28.6 Å². The number of hydrogen-bond acceptors (Lipinski definition) is 6. The monoisotopic (exact) mass is 298 g/mol. The first kappa shape index (κ1) is 18.6. The van der Waals surface area contributed by atoms with Crippen LogP contribution in [0.3, 0.4) is 0 Å². The normalized spacial score (nSPS) is 10.6. The minimum absolute atomic E-state index is 0. The predicted molar refractivity (Wildman–Crippen MR) is 70.8 cm³/mol. The molecule has 8 heteroatoms. The van der Waals surface area contributed by atoms with Gasteiger partial charge in [0.15, 0.2) is 5.75 Å². The van der Waals surface area contributed by atoms with Gasteiger partial charge in [0.1, 0.15) is 0 Å². The third-order valence-electron chi connectivity index (χ3n) is 1.79. The molecule has 0 heterocycles. The second-order valence-corrected chi connectivity index (χ2v) is 4.22. The molecule has 0 aliphatic rings. The Labute approximate surface area is 134 Å². The van der Waals surface area contributed by atoms with Gasteiger partial charge in [0.25, 0.3) is 0 Å². The molecular formula is C11H15NaO6S. The van der Waals surface area contributed by atoms with Gasteiger partial charge in [-0.2, -0.15) is 8.42 Å². The van der Waals surface area contributed by atoms with E-state index < -0.39 is 10.4 Å². The number of hydrogen-bond donors (Lipinski definition) is 0. The van der Waals surface area contributed by atoms with Crippen molar-refractivity contribution in [3.63, 3.8) is 0 Å². The fourth-order valence-electron chi connectivity index (χ4n) is 1.11. The molecule has 0 saturated carbocycles. The molecule has 1 rings (SSSR count). The van der Waals surface area contributed by atoms with Crippen LogP contribution in [0.1, 0.15) is 12.5 Å². The summed E-state index contributed by atoms with van der Waals surface area (Å²) >= 11 is 0. The van der Waals surface area contributed by atoms with E-state index in [0.717, 1.165) is 5.56 Å². The van der Waals surface area contributed by atoms with E-state index in [1.54, 1.807) is 37.3 Å². The molecule has 1 aromatic rings. The SMILES string of the molecule is C=CCc1ccccc1OOS(=O)(=O)OOCC.[NaH]. The van der Waals surface area contributed by atoms with Gasteiger partial charge in [-0.15, -0.1) is 6.58 Å². The topological polar surface area (TPSA) is 71.1 Å². The average molecular weight is 298 g/mol. The van der Waals surface area contributed by atoms with Crippen LogP contribution in [0.2, 0.25) is 0 Å². The molecule has 0 unspecified atom stereocenters. The van der Waals surface area contributed by atoms with Crippen LogP contribution in [0.5, 0.6) is 5.75 Å². The van der Waals surface area contributed by atoms with Gasteiger partial charge in [0.2, 0.25) is 0 Å². The van der Waals surface area contributed by atoms with Crippen molar-refractivity contribution in [1.82, 2.24) is 0 Å². The van der Waals surface area contributed by atoms with Crippen LogP contribution in [-0.2, 0) is 30.4 Å². The van der Waals surface area contributed by atoms with E-state index in [2.05, 4.69) is 20.1 Å². The number of para-hydroxylation sites is 1. The fourth-order valence-corrected chi connectivity index (χ4v) is 1.50. The van der Waals surface area contributed by atoms with Gasteiger partial charge in [-0.05, 0) is 23.7 Å². The molecule has 0 amide bonds. The van der Waals surface area contributed by atoms with E-state index >= 15 is 0 Å². The van der Waals surface area contributed by atoms with Gasteiger partial charge in [-0.3, -0.25) is 0 Å². The maximum absolute atomic E-state index is 11.1. The molecule has 0 saturated heterocycles. The number of benzene rings is 1. The first-order valence-corrected chi connectivity index (χ1v) is 6.53. The van der Waals surface area contributed by atoms with Crippen molar-refractivity contribution >= 4 is 40.0 Å². The number of rotatable bonds is 8. The predicted octanol–water partition coefficient (Wildman–Crippen LogP) is 1.29. The standard InChI is InChI=1S/C11H14O6S.Na.H/c1-3-7-10-8-5-6-9-11(10)15-17-18(12,13)16-14-4-2;;/h3,5-6,8-9H,1,4,7H2,2H3;;. The molecule has 1 aromatic carbocycles. The zero-order chi connectivity index (χ0) is 13.4. The molecule has 0 spiro atoms. The molecular weight excluding hydrogens is 283 g/mol. The second kappa shape index (κ2) is 9.49. The van der Waals surface area contributed by atoms with Crippen molar-refractivity contribution in [3.8, 4) is 5.75 Å². The summed E-state index contributed by atoms with van der Waals surface area (Å²) in [5.41, 5.74) is 0.735. The summed E-state index contributed by atoms with van der Waals surface area (Å²) in [4.78, 5) is 8.97. The van der Waals surface area contributed by atoms with E-state index in [9.17, 15) is 8.42 Å². The molecule has 0 fully saturated rings. The van der Waals surface area contributed by atoms with Gasteiger partial charge >= 0.3 is 40.0 Å². The summed E-state index contributed by atoms with van der Waals surface area (Å²) < 4.78 is 30.4. The fraction of sp³-hybridized carbons (Fsp3) is 0.273. The Kier molecular flexibility index (Phi) is 9.28. The maximum atomic E-state index is 11.1. The third-order valence-corrected chi connectivity index (χ3v) is 2.29. The zero-order valence-corrected chi connectivity index (χ0v) is 10.7. The van der Waals surface area contributed by atoms with E-state index in [-0.39, 0.29) is 41.9 Å². The van der Waals surface area contributed by atoms with Crippen molar-refractivity contribution in [1.29, 1.82) is 0 Å².